The number of carboxylic acid groups (broad SMARTS) is 1. The van der Waals surface area contributed by atoms with Gasteiger partial charge in [-0.3, -0.25) is 26.3 Å². The fraction of sp³-hybridized carbons (Fsp3) is 0.158. The number of nitrogens with zero attached hydrogens (tertiary/aromatic N) is 3. The molecule has 5 aromatic heterocycles. The molecule has 150 heavy (non-hydrogen) atoms. The third-order valence-electron chi connectivity index (χ3n) is 19.4. The number of aromatic amines is 3. The minimum atomic E-state index is -1.24. The Morgan fingerprint density at radius 3 is 1.14 bits per heavy atom. The van der Waals surface area contributed by atoms with Crippen LogP contribution in [0.15, 0.2) is 239 Å². The number of ether oxygens (including phenoxy) is 6. The number of esters is 6. The summed E-state index contributed by atoms with van der Waals surface area (Å²) in [7, 11) is 0. The van der Waals surface area contributed by atoms with E-state index in [9.17, 15) is 83.2 Å². The number of carbonyl (C=O) groups is 7. The summed E-state index contributed by atoms with van der Waals surface area (Å²) >= 11 is 60.8. The molecule has 0 aliphatic heterocycles. The largest absolute Gasteiger partial charge is 2.00 e. The predicted octanol–water partition coefficient (Wildman–Crippen LogP) is 28.9. The quantitative estimate of drug-likeness (QED) is 0.00581. The molecule has 0 aliphatic rings. The Hall–Kier alpha value is -10.6. The number of thiol groups is 1. The van der Waals surface area contributed by atoms with Crippen molar-refractivity contribution in [3.05, 3.63) is 349 Å². The van der Waals surface area contributed by atoms with Crippen LogP contribution in [0.5, 0.6) is 0 Å². The molecule has 22 nitrogen and oxygen atoms in total. The number of aliphatic carboxylic acids is 1. The van der Waals surface area contributed by atoms with Crippen molar-refractivity contribution < 1.29 is 137 Å². The molecule has 0 atom stereocenters. The van der Waals surface area contributed by atoms with E-state index in [1.807, 2.05) is 0 Å². The molecule has 49 heteroatoms. The van der Waals surface area contributed by atoms with E-state index in [4.69, 9.17) is 133 Å². The van der Waals surface area contributed by atoms with Crippen LogP contribution in [0.1, 0.15) is 107 Å². The van der Waals surface area contributed by atoms with Gasteiger partial charge in [0.2, 0.25) is 5.82 Å². The van der Waals surface area contributed by atoms with Gasteiger partial charge in [0.1, 0.15) is 34.1 Å². The van der Waals surface area contributed by atoms with Crippen LogP contribution in [0.2, 0.25) is 45.6 Å². The normalized spacial score (nSPS) is 10.7. The van der Waals surface area contributed by atoms with E-state index in [-0.39, 0.29) is 216 Å². The molecule has 5 heterocycles. The molecule has 786 valence electrons. The number of carbonyl (C=O) groups excluding carboxylic acids is 6. The summed E-state index contributed by atoms with van der Waals surface area (Å²) in [6, 6.07) is 42.2. The third-order valence-corrected chi connectivity index (χ3v) is 27.5. The van der Waals surface area contributed by atoms with Gasteiger partial charge in [-0.2, -0.15) is 4.39 Å². The van der Waals surface area contributed by atoms with Gasteiger partial charge in [-0.15, -0.1) is 12.6 Å². The Labute approximate surface area is 942 Å². The summed E-state index contributed by atoms with van der Waals surface area (Å²) in [6.45, 7) is 20.0. The van der Waals surface area contributed by atoms with Gasteiger partial charge in [0.25, 0.3) is 0 Å². The van der Waals surface area contributed by atoms with Crippen LogP contribution in [0.25, 0.3) is 54.5 Å². The Balaban J connectivity index is 0.000000243. The summed E-state index contributed by atoms with van der Waals surface area (Å²) in [6.07, 6.45) is 3.26. The number of nitrogens with one attached hydrogen (secondary N) is 3. The zero-order valence-corrected chi connectivity index (χ0v) is 92.7. The monoisotopic (exact) mass is 2420 g/mol. The van der Waals surface area contributed by atoms with E-state index in [1.165, 1.54) is 126 Å². The van der Waals surface area contributed by atoms with Crippen LogP contribution in [0, 0.1) is 80.7 Å². The van der Waals surface area contributed by atoms with Gasteiger partial charge in [0.05, 0.1) is 138 Å². The minimum absolute atomic E-state index is 0. The van der Waals surface area contributed by atoms with Crippen molar-refractivity contribution in [1.82, 2.24) is 24.1 Å². The van der Waals surface area contributed by atoms with Gasteiger partial charge >= 0.3 is 70.5 Å². The van der Waals surface area contributed by atoms with E-state index >= 15 is 8.78 Å². The number of H-pyrrole nitrogens is 3. The molecule has 0 unspecified atom stereocenters. The fourth-order valence-corrected chi connectivity index (χ4v) is 19.3. The molecular formula is C101H77BrCl9F11MgN6O16S5. The SMILES string of the molecule is CCOC(=O)c1cccc(S)c1F.CCOC(=O)c1cccc(Sc2c(Cl)[nH]c3c(F)c(Cl)ccc23)c1F.CCOC(=O)c1cccc(Sc2c(Cl)n(CC(=O)O)c3c(F)c(Cl)ccc23)c1F.CCOC(=O)c1cccc(Sc2c(Cl)n(CC(=O)OC(C)(C)C)c3c(F)c(Cl)ccc23)c1F.CCOC(=O)c1cccc(Sc2c[nH]c3c(F)c(Cl)ccc23)c1F.Fc1c(Cl)ccc2cc[nH]c12.O=[N+]([O-])c1cccc(Cl)c1F.[Br-].[CH-]=C.[Mg+2]. The number of hydrogen-bond acceptors (Lipinski definition) is 20. The van der Waals surface area contributed by atoms with Gasteiger partial charge in [-0.25, -0.2) is 67.9 Å². The van der Waals surface area contributed by atoms with Crippen molar-refractivity contribution in [1.29, 1.82) is 0 Å². The molecule has 0 saturated carbocycles. The molecule has 0 amide bonds. The van der Waals surface area contributed by atoms with E-state index in [0.29, 0.717) is 36.4 Å². The molecular weight excluding hydrogens is 2350 g/mol. The average molecular weight is 2420 g/mol. The standard InChI is InChI=1S/C23H21Cl2F2NO4S.C19H13Cl2F2NO4S.C17H11Cl2F2NO2S.C17H12ClF2NO2S.C9H9FO2S.C8H5ClFN.C6H3ClFNO2.C2H3.BrH.Mg/c1-5-31-22(30)12-7-6-8-15(17(12)26)33-20-13-9-10-14(24)18(27)19(13)28(21(20)25)11-16(29)32-23(2,3)4;1-2-28-19(27)9-4-3-5-12(14(9)22)29-17-10-6-7-11(20)15(23)16(10)24(18(17)21)8-13(25)26;1-2-24-17(23)8-4-3-5-11(12(8)20)25-15-9-6-7-10(18)13(21)14(9)22-16(15)19;1-2-23-17(22)10-4-3-5-12(14(10)19)24-13-8-21-16-9(13)6-7-11(18)15(16)20;1-2-12-9(11)6-4-3-5-7(13)8(6)10;9-6-2-1-5-3-4-11-8(5)7(6)10;7-4-2-1-3-5(6(4)8)9(10)11;1-2;;/h6-10H,5,11H2,1-4H3;3-7H,2,8H2,1H3,(H,25,26);3-7,22H,2H2,1H3;3-8,21H,2H2,1H3;3-5,13H,2H2,1H3;1-4,11H;1-3H;1H,2H2;1H;/q;;;;;;;-1;;+2/p-1. The molecule has 11 aromatic carbocycles. The summed E-state index contributed by atoms with van der Waals surface area (Å²) < 4.78 is 187. The average Bonchev–Trinajstić information content (AvgIpc) is 1.58. The first kappa shape index (κ1) is 126. The van der Waals surface area contributed by atoms with Gasteiger partial charge in [0.15, 0.2) is 58.2 Å². The number of fused-ring (bicyclic) bond motifs is 5. The van der Waals surface area contributed by atoms with Crippen LogP contribution in [-0.4, -0.2) is 138 Å². The molecule has 16 rings (SSSR count). The van der Waals surface area contributed by atoms with E-state index in [1.54, 1.807) is 116 Å². The van der Waals surface area contributed by atoms with Gasteiger partial charge < -0.3 is 81.2 Å². The number of aromatic nitrogens is 5. The first-order valence-corrected chi connectivity index (χ1v) is 49.8. The molecule has 0 fully saturated rings. The maximum Gasteiger partial charge on any atom is 2.00 e. The number of nitro benzene ring substituents is 1. The molecule has 0 saturated heterocycles. The number of halogens is 21. The van der Waals surface area contributed by atoms with E-state index in [2.05, 4.69) is 45.5 Å². The van der Waals surface area contributed by atoms with E-state index in [0.717, 1.165) is 63.1 Å². The molecule has 4 N–H and O–H groups in total. The Morgan fingerprint density at radius 2 is 0.747 bits per heavy atom. The zero-order valence-electron chi connectivity index (χ0n) is 78.8. The van der Waals surface area contributed by atoms with Crippen LogP contribution >= 0.6 is 164 Å². The summed E-state index contributed by atoms with van der Waals surface area (Å²) in [4.78, 5) is 102. The topological polar surface area (TPSA) is 295 Å². The maximum absolute atomic E-state index is 15.1. The van der Waals surface area contributed by atoms with Crippen molar-refractivity contribution in [3.63, 3.8) is 0 Å². The summed E-state index contributed by atoms with van der Waals surface area (Å²) in [5.41, 5.74) is -1.46. The van der Waals surface area contributed by atoms with Crippen LogP contribution in [0.3, 0.4) is 0 Å². The molecule has 16 aromatic rings. The first-order chi connectivity index (χ1) is 70.2. The third kappa shape index (κ3) is 31.4. The van der Waals surface area contributed by atoms with Gasteiger partial charge in [-0.1, -0.05) is 194 Å². The number of hydrogen-bond donors (Lipinski definition) is 5. The molecule has 0 radical (unpaired) electrons. The van der Waals surface area contributed by atoms with Crippen molar-refractivity contribution in [2.75, 3.05) is 33.0 Å². The zero-order chi connectivity index (χ0) is 109. The first-order valence-electron chi connectivity index (χ1n) is 42.7. The molecule has 0 bridgehead atoms. The van der Waals surface area contributed by atoms with Crippen LogP contribution < -0.4 is 17.0 Å². The van der Waals surface area contributed by atoms with Gasteiger partial charge in [0, 0.05) is 74.8 Å². The maximum atomic E-state index is 15.1. The Bertz CT molecular complexity index is 7710. The van der Waals surface area contributed by atoms with Crippen LogP contribution in [0.4, 0.5) is 54.0 Å². The fourth-order valence-electron chi connectivity index (χ4n) is 13.1. The van der Waals surface area contributed by atoms with Crippen molar-refractivity contribution in [3.8, 4) is 0 Å². The second-order valence-corrected chi connectivity index (χ2v) is 38.4. The number of rotatable bonds is 23. The second kappa shape index (κ2) is 58.5. The number of carboxylic acids is 1. The number of nitro groups is 1. The second-order valence-electron chi connectivity index (χ2n) is 30.1. The van der Waals surface area contributed by atoms with Crippen LogP contribution in [-0.2, 0) is 51.1 Å². The van der Waals surface area contributed by atoms with Crippen molar-refractivity contribution in [2.45, 2.75) is 118 Å². The molecule has 0 aliphatic carbocycles. The summed E-state index contributed by atoms with van der Waals surface area (Å²) in [5, 5.41) is 21.3. The molecule has 0 spiro atoms. The minimum Gasteiger partial charge on any atom is -1.00 e. The van der Waals surface area contributed by atoms with Crippen molar-refractivity contribution >= 4 is 289 Å². The Morgan fingerprint density at radius 1 is 0.407 bits per heavy atom. The van der Waals surface area contributed by atoms with Gasteiger partial charge in [-0.05, 0) is 183 Å². The predicted molar refractivity (Wildman–Crippen MR) is 561 cm³/mol. The van der Waals surface area contributed by atoms with Crippen molar-refractivity contribution in [2.24, 2.45) is 0 Å². The van der Waals surface area contributed by atoms with E-state index < -0.39 is 123 Å². The smallest absolute Gasteiger partial charge is 1.00 e. The summed E-state index contributed by atoms with van der Waals surface area (Å²) in [5.74, 6) is -13.4. The Kier molecular flexibility index (Phi) is 49.2. The number of benzene rings is 11.